The van der Waals surface area contributed by atoms with Crippen molar-refractivity contribution in [1.82, 2.24) is 19.8 Å². The third-order valence-electron chi connectivity index (χ3n) is 6.97. The maximum absolute atomic E-state index is 13.1. The Morgan fingerprint density at radius 1 is 1.06 bits per heavy atom. The number of hydrogen-bond donors (Lipinski definition) is 1. The Balaban J connectivity index is 1.06. The summed E-state index contributed by atoms with van der Waals surface area (Å²) in [4.78, 5) is 48.4. The number of nitrogens with zero attached hydrogens (tertiary/aromatic N) is 4. The molecule has 0 saturated carbocycles. The van der Waals surface area contributed by atoms with Crippen LogP contribution >= 0.6 is 11.3 Å². The van der Waals surface area contributed by atoms with Gasteiger partial charge >= 0.3 is 0 Å². The van der Waals surface area contributed by atoms with Gasteiger partial charge in [0.1, 0.15) is 17.2 Å². The van der Waals surface area contributed by atoms with Crippen molar-refractivity contribution in [3.63, 3.8) is 0 Å². The molecule has 190 valence electrons. The number of aryl methyl sites for hydroxylation is 2. The van der Waals surface area contributed by atoms with Gasteiger partial charge in [-0.15, -0.1) is 11.3 Å². The molecule has 1 saturated heterocycles. The molecule has 3 aromatic rings. The molecule has 2 amide bonds. The van der Waals surface area contributed by atoms with E-state index in [9.17, 15) is 18.8 Å². The molecule has 36 heavy (non-hydrogen) atoms. The van der Waals surface area contributed by atoms with Crippen LogP contribution in [0.1, 0.15) is 36.1 Å². The van der Waals surface area contributed by atoms with Gasteiger partial charge in [-0.05, 0) is 61.9 Å². The van der Waals surface area contributed by atoms with E-state index < -0.39 is 0 Å². The zero-order valence-corrected chi connectivity index (χ0v) is 21.0. The second kappa shape index (κ2) is 10.8. The van der Waals surface area contributed by atoms with Gasteiger partial charge in [0.05, 0.1) is 11.7 Å². The fourth-order valence-corrected chi connectivity index (χ4v) is 6.22. The Morgan fingerprint density at radius 3 is 2.58 bits per heavy atom. The summed E-state index contributed by atoms with van der Waals surface area (Å²) >= 11 is 1.59. The highest BCUT2D eigenvalue weighted by Gasteiger charge is 2.22. The van der Waals surface area contributed by atoms with Crippen LogP contribution in [0, 0.1) is 5.82 Å². The van der Waals surface area contributed by atoms with E-state index in [1.807, 2.05) is 4.90 Å². The minimum atomic E-state index is -0.261. The van der Waals surface area contributed by atoms with Gasteiger partial charge in [-0.3, -0.25) is 19.0 Å². The number of hydrogen-bond acceptors (Lipinski definition) is 6. The highest BCUT2D eigenvalue weighted by molar-refractivity contribution is 7.18. The third kappa shape index (κ3) is 5.28. The minimum Gasteiger partial charge on any atom is -0.368 e. The maximum atomic E-state index is 13.1. The number of benzene rings is 1. The first kappa shape index (κ1) is 24.4. The first-order valence-electron chi connectivity index (χ1n) is 12.5. The molecule has 2 aliphatic rings. The van der Waals surface area contributed by atoms with E-state index in [1.54, 1.807) is 23.5 Å². The molecule has 5 rings (SSSR count). The van der Waals surface area contributed by atoms with Gasteiger partial charge < -0.3 is 15.1 Å². The molecule has 1 N–H and O–H groups in total. The van der Waals surface area contributed by atoms with E-state index in [-0.39, 0.29) is 29.7 Å². The summed E-state index contributed by atoms with van der Waals surface area (Å²) in [5.74, 6) is -0.454. The first-order valence-corrected chi connectivity index (χ1v) is 13.4. The summed E-state index contributed by atoms with van der Waals surface area (Å²) in [6, 6.07) is 6.40. The van der Waals surface area contributed by atoms with E-state index in [0.29, 0.717) is 51.0 Å². The monoisotopic (exact) mass is 511 g/mol. The van der Waals surface area contributed by atoms with Crippen LogP contribution in [-0.2, 0) is 29.0 Å². The van der Waals surface area contributed by atoms with Crippen LogP contribution < -0.4 is 15.8 Å². The normalized spacial score (nSPS) is 15.7. The van der Waals surface area contributed by atoms with Gasteiger partial charge in [0.15, 0.2) is 0 Å². The zero-order valence-electron chi connectivity index (χ0n) is 20.2. The molecule has 1 aliphatic heterocycles. The number of fused-ring (bicyclic) bond motifs is 3. The highest BCUT2D eigenvalue weighted by atomic mass is 32.1. The number of amides is 2. The molecular formula is C26H30FN5O3S. The fourth-order valence-electron chi connectivity index (χ4n) is 5.00. The van der Waals surface area contributed by atoms with Crippen molar-refractivity contribution in [3.05, 3.63) is 57.2 Å². The molecule has 2 aromatic heterocycles. The number of piperazine rings is 1. The number of anilines is 1. The molecule has 1 fully saturated rings. The van der Waals surface area contributed by atoms with Crippen LogP contribution in [0.15, 0.2) is 35.4 Å². The molecule has 1 aromatic carbocycles. The van der Waals surface area contributed by atoms with Crippen molar-refractivity contribution < 1.29 is 14.0 Å². The van der Waals surface area contributed by atoms with E-state index in [1.165, 1.54) is 27.9 Å². The quantitative estimate of drug-likeness (QED) is 0.493. The van der Waals surface area contributed by atoms with Crippen molar-refractivity contribution in [2.24, 2.45) is 0 Å². The molecule has 1 aliphatic carbocycles. The Hall–Kier alpha value is -3.27. The smallest absolute Gasteiger partial charge is 0.262 e. The van der Waals surface area contributed by atoms with Gasteiger partial charge in [-0.1, -0.05) is 0 Å². The zero-order chi connectivity index (χ0) is 25.1. The summed E-state index contributed by atoms with van der Waals surface area (Å²) in [5, 5.41) is 3.50. The van der Waals surface area contributed by atoms with Crippen LogP contribution in [0.2, 0.25) is 0 Å². The minimum absolute atomic E-state index is 0.0658. The summed E-state index contributed by atoms with van der Waals surface area (Å²) < 4.78 is 14.5. The molecular weight excluding hydrogens is 481 g/mol. The van der Waals surface area contributed by atoms with Crippen molar-refractivity contribution in [2.75, 3.05) is 37.6 Å². The average molecular weight is 512 g/mol. The van der Waals surface area contributed by atoms with Crippen molar-refractivity contribution in [3.8, 4) is 0 Å². The molecule has 10 heteroatoms. The second-order valence-electron chi connectivity index (χ2n) is 9.37. The Bertz CT molecular complexity index is 1310. The molecule has 3 heterocycles. The molecule has 0 bridgehead atoms. The number of carbonyl (C=O) groups is 2. The fraction of sp³-hybridized carbons (Fsp3) is 0.462. The molecule has 0 atom stereocenters. The topological polar surface area (TPSA) is 87.5 Å². The summed E-state index contributed by atoms with van der Waals surface area (Å²) in [7, 11) is 0. The second-order valence-corrected chi connectivity index (χ2v) is 10.5. The number of aromatic nitrogens is 2. The number of thiophene rings is 1. The summed E-state index contributed by atoms with van der Waals surface area (Å²) in [6.07, 6.45) is 6.47. The Kier molecular flexibility index (Phi) is 7.31. The van der Waals surface area contributed by atoms with Gasteiger partial charge in [0.25, 0.3) is 5.56 Å². The van der Waals surface area contributed by atoms with E-state index >= 15 is 0 Å². The average Bonchev–Trinajstić information content (AvgIpc) is 3.28. The van der Waals surface area contributed by atoms with Gasteiger partial charge in [0, 0.05) is 49.7 Å². The Labute approximate surface area is 212 Å². The highest BCUT2D eigenvalue weighted by Crippen LogP contribution is 2.33. The molecule has 0 spiro atoms. The number of nitrogens with one attached hydrogen (secondary N) is 1. The van der Waals surface area contributed by atoms with Gasteiger partial charge in [-0.2, -0.15) is 0 Å². The summed E-state index contributed by atoms with van der Waals surface area (Å²) in [5.41, 5.74) is 1.92. The predicted molar refractivity (Wildman–Crippen MR) is 138 cm³/mol. The van der Waals surface area contributed by atoms with Crippen LogP contribution in [-0.4, -0.2) is 59.0 Å². The lowest BCUT2D eigenvalue weighted by atomic mass is 9.97. The lowest BCUT2D eigenvalue weighted by Gasteiger charge is -2.36. The van der Waals surface area contributed by atoms with E-state index in [0.717, 1.165) is 41.8 Å². The van der Waals surface area contributed by atoms with E-state index in [2.05, 4.69) is 15.2 Å². The first-order chi connectivity index (χ1) is 17.5. The third-order valence-corrected chi connectivity index (χ3v) is 8.17. The number of halogens is 1. The van der Waals surface area contributed by atoms with Crippen LogP contribution in [0.25, 0.3) is 10.2 Å². The van der Waals surface area contributed by atoms with E-state index in [4.69, 9.17) is 0 Å². The molecule has 8 nitrogen and oxygen atoms in total. The van der Waals surface area contributed by atoms with Crippen molar-refractivity contribution >= 4 is 39.1 Å². The maximum Gasteiger partial charge on any atom is 0.262 e. The molecule has 0 radical (unpaired) electrons. The van der Waals surface area contributed by atoms with Crippen LogP contribution in [0.3, 0.4) is 0 Å². The SMILES string of the molecule is O=C(Cn1cnc2sc3c(c2c1=O)CCCC3)NCCCC(=O)N1CCN(c2ccc(F)cc2)CC1. The Morgan fingerprint density at radius 2 is 1.81 bits per heavy atom. The largest absolute Gasteiger partial charge is 0.368 e. The standard InChI is InChI=1S/C26H30FN5O3S/c27-18-7-9-19(10-8-18)30-12-14-31(15-13-30)23(34)6-3-11-28-22(33)16-32-17-29-25-24(26(32)35)20-4-1-2-5-21(20)36-25/h7-10,17H,1-6,11-16H2,(H,28,33). The molecule has 0 unspecified atom stereocenters. The summed E-state index contributed by atoms with van der Waals surface area (Å²) in [6.45, 7) is 2.94. The lowest BCUT2D eigenvalue weighted by Crippen LogP contribution is -2.48. The van der Waals surface area contributed by atoms with Crippen molar-refractivity contribution in [2.45, 2.75) is 45.1 Å². The van der Waals surface area contributed by atoms with Crippen LogP contribution in [0.5, 0.6) is 0 Å². The van der Waals surface area contributed by atoms with Gasteiger partial charge in [-0.25, -0.2) is 9.37 Å². The van der Waals surface area contributed by atoms with Crippen molar-refractivity contribution in [1.29, 1.82) is 0 Å². The number of carbonyl (C=O) groups excluding carboxylic acids is 2. The predicted octanol–water partition coefficient (Wildman–Crippen LogP) is 2.72. The lowest BCUT2D eigenvalue weighted by molar-refractivity contribution is -0.131. The van der Waals surface area contributed by atoms with Gasteiger partial charge in [0.2, 0.25) is 11.8 Å². The van der Waals surface area contributed by atoms with Crippen LogP contribution in [0.4, 0.5) is 10.1 Å². The number of rotatable bonds is 7.